The molecule has 0 aliphatic carbocycles. The molecule has 3 amide bonds. The Bertz CT molecular complexity index is 1140. The first-order valence-electron chi connectivity index (χ1n) is 9.95. The minimum atomic E-state index is -0.453. The SMILES string of the molecule is CC1CCN(C(=O)CN2C(=O)S/C(=C/c3ccc4c(c3)n(C)c(=O)n4C)C2=O)CC1. The Morgan fingerprint density at radius 1 is 1.10 bits per heavy atom. The maximum absolute atomic E-state index is 12.8. The molecule has 0 bridgehead atoms. The number of carbonyl (C=O) groups is 3. The van der Waals surface area contributed by atoms with E-state index in [1.807, 2.05) is 12.1 Å². The van der Waals surface area contributed by atoms with E-state index in [4.69, 9.17) is 0 Å². The molecule has 0 spiro atoms. The van der Waals surface area contributed by atoms with Crippen molar-refractivity contribution >= 4 is 45.9 Å². The Labute approximate surface area is 178 Å². The van der Waals surface area contributed by atoms with Crippen LogP contribution in [0.2, 0.25) is 0 Å². The van der Waals surface area contributed by atoms with E-state index in [0.717, 1.165) is 40.5 Å². The van der Waals surface area contributed by atoms with Crippen molar-refractivity contribution in [2.75, 3.05) is 19.6 Å². The van der Waals surface area contributed by atoms with Crippen molar-refractivity contribution in [1.82, 2.24) is 18.9 Å². The van der Waals surface area contributed by atoms with E-state index in [1.54, 1.807) is 35.7 Å². The standard InChI is InChI=1S/C21H24N4O4S/c1-13-6-8-24(9-7-13)18(26)12-25-19(27)17(30-21(25)29)11-14-4-5-15-16(10-14)23(3)20(28)22(15)2/h4-5,10-11,13H,6-9,12H2,1-3H3/b17-11+. The number of hydrogen-bond donors (Lipinski definition) is 0. The first kappa shape index (κ1) is 20.5. The van der Waals surface area contributed by atoms with Crippen LogP contribution in [0, 0.1) is 5.92 Å². The number of benzene rings is 1. The lowest BCUT2D eigenvalue weighted by atomic mass is 9.99. The van der Waals surface area contributed by atoms with E-state index < -0.39 is 11.1 Å². The number of thioether (sulfide) groups is 1. The third-order valence-electron chi connectivity index (χ3n) is 5.90. The van der Waals surface area contributed by atoms with Gasteiger partial charge in [0.2, 0.25) is 5.91 Å². The van der Waals surface area contributed by atoms with Crippen LogP contribution >= 0.6 is 11.8 Å². The predicted molar refractivity (Wildman–Crippen MR) is 116 cm³/mol. The third-order valence-corrected chi connectivity index (χ3v) is 6.80. The lowest BCUT2D eigenvalue weighted by Gasteiger charge is -2.31. The Balaban J connectivity index is 1.53. The number of carbonyl (C=O) groups excluding carboxylic acids is 3. The van der Waals surface area contributed by atoms with Crippen molar-refractivity contribution in [3.8, 4) is 0 Å². The van der Waals surface area contributed by atoms with Crippen LogP contribution in [-0.2, 0) is 23.7 Å². The number of aromatic nitrogens is 2. The highest BCUT2D eigenvalue weighted by atomic mass is 32.2. The summed E-state index contributed by atoms with van der Waals surface area (Å²) in [6.07, 6.45) is 3.52. The number of likely N-dealkylation sites (tertiary alicyclic amines) is 1. The molecule has 0 N–H and O–H groups in total. The van der Waals surface area contributed by atoms with Gasteiger partial charge in [0, 0.05) is 27.2 Å². The number of amides is 3. The highest BCUT2D eigenvalue weighted by molar-refractivity contribution is 8.18. The molecule has 2 aromatic rings. The van der Waals surface area contributed by atoms with Crippen molar-refractivity contribution < 1.29 is 14.4 Å². The number of hydrogen-bond acceptors (Lipinski definition) is 5. The summed E-state index contributed by atoms with van der Waals surface area (Å²) in [5, 5.41) is -0.432. The molecule has 3 heterocycles. The van der Waals surface area contributed by atoms with E-state index in [2.05, 4.69) is 6.92 Å². The van der Waals surface area contributed by atoms with Gasteiger partial charge in [-0.05, 0) is 54.3 Å². The molecule has 2 saturated heterocycles. The quantitative estimate of drug-likeness (QED) is 0.700. The highest BCUT2D eigenvalue weighted by Crippen LogP contribution is 2.32. The average Bonchev–Trinajstić information content (AvgIpc) is 3.11. The van der Waals surface area contributed by atoms with Gasteiger partial charge in [0.1, 0.15) is 6.54 Å². The van der Waals surface area contributed by atoms with Crippen molar-refractivity contribution in [3.05, 3.63) is 39.2 Å². The van der Waals surface area contributed by atoms with Gasteiger partial charge in [-0.15, -0.1) is 0 Å². The number of rotatable bonds is 3. The van der Waals surface area contributed by atoms with Gasteiger partial charge in [-0.25, -0.2) is 4.79 Å². The van der Waals surface area contributed by atoms with Gasteiger partial charge in [0.05, 0.1) is 15.9 Å². The maximum atomic E-state index is 12.8. The fourth-order valence-electron chi connectivity index (χ4n) is 3.89. The fourth-order valence-corrected chi connectivity index (χ4v) is 4.73. The van der Waals surface area contributed by atoms with Gasteiger partial charge in [0.15, 0.2) is 0 Å². The smallest absolute Gasteiger partial charge is 0.328 e. The molecule has 0 saturated carbocycles. The molecular weight excluding hydrogens is 404 g/mol. The van der Waals surface area contributed by atoms with E-state index in [-0.39, 0.29) is 23.0 Å². The summed E-state index contributed by atoms with van der Waals surface area (Å²) in [4.78, 5) is 52.8. The summed E-state index contributed by atoms with van der Waals surface area (Å²) < 4.78 is 3.09. The molecule has 1 aromatic heterocycles. The molecule has 1 aromatic carbocycles. The fraction of sp³-hybridized carbons (Fsp3) is 0.429. The van der Waals surface area contributed by atoms with Crippen LogP contribution in [0.3, 0.4) is 0 Å². The van der Waals surface area contributed by atoms with Gasteiger partial charge >= 0.3 is 5.69 Å². The van der Waals surface area contributed by atoms with Gasteiger partial charge in [-0.3, -0.25) is 28.4 Å². The maximum Gasteiger partial charge on any atom is 0.328 e. The van der Waals surface area contributed by atoms with Crippen molar-refractivity contribution in [1.29, 1.82) is 0 Å². The number of nitrogens with zero attached hydrogens (tertiary/aromatic N) is 4. The van der Waals surface area contributed by atoms with Crippen LogP contribution in [-0.4, -0.2) is 55.6 Å². The molecule has 0 unspecified atom stereocenters. The van der Waals surface area contributed by atoms with Crippen molar-refractivity contribution in [2.45, 2.75) is 19.8 Å². The summed E-state index contributed by atoms with van der Waals surface area (Å²) in [7, 11) is 3.39. The molecule has 30 heavy (non-hydrogen) atoms. The molecule has 2 fully saturated rings. The third kappa shape index (κ3) is 3.58. The lowest BCUT2D eigenvalue weighted by molar-refractivity contribution is -0.136. The molecular formula is C21H24N4O4S. The van der Waals surface area contributed by atoms with Gasteiger partial charge < -0.3 is 4.90 Å². The zero-order valence-electron chi connectivity index (χ0n) is 17.3. The van der Waals surface area contributed by atoms with E-state index in [9.17, 15) is 19.2 Å². The number of aryl methyl sites for hydroxylation is 2. The molecule has 9 heteroatoms. The summed E-state index contributed by atoms with van der Waals surface area (Å²) in [5.74, 6) is -0.0485. The summed E-state index contributed by atoms with van der Waals surface area (Å²) in [6, 6.07) is 5.42. The highest BCUT2D eigenvalue weighted by Gasteiger charge is 2.37. The Hall–Kier alpha value is -2.81. The molecule has 2 aliphatic rings. The minimum absolute atomic E-state index is 0.131. The van der Waals surface area contributed by atoms with E-state index in [1.165, 1.54) is 4.57 Å². The predicted octanol–water partition coefficient (Wildman–Crippen LogP) is 2.17. The van der Waals surface area contributed by atoms with Crippen LogP contribution in [0.4, 0.5) is 4.79 Å². The Kier molecular flexibility index (Phi) is 5.31. The van der Waals surface area contributed by atoms with Crippen LogP contribution in [0.1, 0.15) is 25.3 Å². The normalized spacial score (nSPS) is 19.5. The average molecular weight is 429 g/mol. The first-order valence-corrected chi connectivity index (χ1v) is 10.8. The number of imide groups is 1. The minimum Gasteiger partial charge on any atom is -0.341 e. The second kappa shape index (κ2) is 7.79. The largest absolute Gasteiger partial charge is 0.341 e. The summed E-state index contributed by atoms with van der Waals surface area (Å²) in [5.41, 5.74) is 2.11. The van der Waals surface area contributed by atoms with Crippen LogP contribution in [0.5, 0.6) is 0 Å². The van der Waals surface area contributed by atoms with Crippen LogP contribution in [0.15, 0.2) is 27.9 Å². The number of piperidine rings is 1. The molecule has 158 valence electrons. The molecule has 4 rings (SSSR count). The number of imidazole rings is 1. The topological polar surface area (TPSA) is 84.6 Å². The molecule has 2 aliphatic heterocycles. The summed E-state index contributed by atoms with van der Waals surface area (Å²) in [6.45, 7) is 3.28. The Morgan fingerprint density at radius 2 is 1.77 bits per heavy atom. The monoisotopic (exact) mass is 428 g/mol. The molecule has 8 nitrogen and oxygen atoms in total. The Morgan fingerprint density at radius 3 is 2.47 bits per heavy atom. The van der Waals surface area contributed by atoms with E-state index >= 15 is 0 Å². The van der Waals surface area contributed by atoms with Gasteiger partial charge in [0.25, 0.3) is 11.1 Å². The van der Waals surface area contributed by atoms with Crippen molar-refractivity contribution in [3.63, 3.8) is 0 Å². The summed E-state index contributed by atoms with van der Waals surface area (Å²) >= 11 is 0.838. The molecule has 0 atom stereocenters. The second-order valence-electron chi connectivity index (χ2n) is 7.98. The lowest BCUT2D eigenvalue weighted by Crippen LogP contribution is -2.45. The first-order chi connectivity index (χ1) is 14.3. The van der Waals surface area contributed by atoms with E-state index in [0.29, 0.717) is 24.6 Å². The van der Waals surface area contributed by atoms with Crippen LogP contribution in [0.25, 0.3) is 17.1 Å². The zero-order chi connectivity index (χ0) is 21.6. The van der Waals surface area contributed by atoms with Crippen molar-refractivity contribution in [2.24, 2.45) is 20.0 Å². The van der Waals surface area contributed by atoms with Gasteiger partial charge in [-0.1, -0.05) is 13.0 Å². The second-order valence-corrected chi connectivity index (χ2v) is 8.97. The molecule has 0 radical (unpaired) electrons. The van der Waals surface area contributed by atoms with Crippen LogP contribution < -0.4 is 5.69 Å². The van der Waals surface area contributed by atoms with Gasteiger partial charge in [-0.2, -0.15) is 0 Å². The zero-order valence-corrected chi connectivity index (χ0v) is 18.1. The number of fused-ring (bicyclic) bond motifs is 1.